The zero-order valence-electron chi connectivity index (χ0n) is 16.7. The second kappa shape index (κ2) is 8.75. The average molecular weight is 509 g/mol. The summed E-state index contributed by atoms with van der Waals surface area (Å²) in [5, 5.41) is 10.7. The van der Waals surface area contributed by atoms with Crippen LogP contribution in [-0.4, -0.2) is 35.1 Å². The fourth-order valence-corrected chi connectivity index (χ4v) is 3.65. The van der Waals surface area contributed by atoms with Crippen LogP contribution in [0.25, 0.3) is 0 Å². The van der Waals surface area contributed by atoms with E-state index in [1.165, 1.54) is 48.5 Å². The first kappa shape index (κ1) is 22.0. The van der Waals surface area contributed by atoms with Gasteiger partial charge < -0.3 is 4.74 Å². The molecular formula is C23H13BrN2O7. The Hall–Kier alpha value is -4.18. The van der Waals surface area contributed by atoms with E-state index in [2.05, 4.69) is 15.9 Å². The van der Waals surface area contributed by atoms with Crippen LogP contribution in [0.15, 0.2) is 71.2 Å². The number of halogens is 1. The Morgan fingerprint density at radius 1 is 0.909 bits per heavy atom. The molecule has 1 heterocycles. The number of hydrogen-bond donors (Lipinski definition) is 0. The third kappa shape index (κ3) is 4.28. The molecule has 0 saturated carbocycles. The molecule has 0 fully saturated rings. The topological polar surface area (TPSA) is 124 Å². The molecular weight excluding hydrogens is 496 g/mol. The van der Waals surface area contributed by atoms with Crippen molar-refractivity contribution in [2.45, 2.75) is 0 Å². The van der Waals surface area contributed by atoms with Crippen LogP contribution in [0.3, 0.4) is 0 Å². The number of carbonyl (C=O) groups is 4. The number of carbonyl (C=O) groups excluding carboxylic acids is 4. The average Bonchev–Trinajstić information content (AvgIpc) is 3.06. The molecule has 10 heteroatoms. The van der Waals surface area contributed by atoms with Gasteiger partial charge in [-0.05, 0) is 48.5 Å². The van der Waals surface area contributed by atoms with Crippen molar-refractivity contribution in [3.8, 4) is 0 Å². The van der Waals surface area contributed by atoms with Crippen molar-refractivity contribution in [1.29, 1.82) is 0 Å². The molecule has 2 amide bonds. The predicted molar refractivity (Wildman–Crippen MR) is 119 cm³/mol. The van der Waals surface area contributed by atoms with Crippen LogP contribution in [0.4, 0.5) is 11.4 Å². The Morgan fingerprint density at radius 2 is 1.61 bits per heavy atom. The van der Waals surface area contributed by atoms with Gasteiger partial charge in [0.25, 0.3) is 17.5 Å². The number of esters is 1. The van der Waals surface area contributed by atoms with Crippen LogP contribution < -0.4 is 4.90 Å². The van der Waals surface area contributed by atoms with Crippen LogP contribution in [0.1, 0.15) is 41.4 Å². The largest absolute Gasteiger partial charge is 0.454 e. The van der Waals surface area contributed by atoms with Gasteiger partial charge in [-0.2, -0.15) is 0 Å². The molecule has 0 radical (unpaired) electrons. The van der Waals surface area contributed by atoms with Gasteiger partial charge in [-0.25, -0.2) is 9.69 Å². The van der Waals surface area contributed by atoms with Crippen molar-refractivity contribution in [3.05, 3.63) is 104 Å². The second-order valence-electron chi connectivity index (χ2n) is 6.99. The Bertz CT molecular complexity index is 1330. The van der Waals surface area contributed by atoms with Crippen LogP contribution in [0, 0.1) is 10.1 Å². The normalized spacial score (nSPS) is 12.5. The van der Waals surface area contributed by atoms with E-state index in [1.807, 2.05) is 0 Å². The molecule has 3 aromatic carbocycles. The molecule has 0 N–H and O–H groups in total. The first-order valence-electron chi connectivity index (χ1n) is 9.49. The van der Waals surface area contributed by atoms with Gasteiger partial charge in [-0.1, -0.05) is 22.0 Å². The first-order chi connectivity index (χ1) is 15.8. The number of anilines is 1. The third-order valence-electron chi connectivity index (χ3n) is 4.92. The maximum atomic E-state index is 12.8. The summed E-state index contributed by atoms with van der Waals surface area (Å²) in [6.45, 7) is -0.581. The van der Waals surface area contributed by atoms with Crippen LogP contribution in [0.5, 0.6) is 0 Å². The van der Waals surface area contributed by atoms with E-state index >= 15 is 0 Å². The molecule has 0 saturated heterocycles. The molecule has 4 rings (SSSR count). The highest BCUT2D eigenvalue weighted by Gasteiger charge is 2.37. The van der Waals surface area contributed by atoms with Crippen LogP contribution in [0.2, 0.25) is 0 Å². The van der Waals surface area contributed by atoms with Gasteiger partial charge in [0.1, 0.15) is 0 Å². The summed E-state index contributed by atoms with van der Waals surface area (Å²) in [4.78, 5) is 61.3. The van der Waals surface area contributed by atoms with E-state index in [-0.39, 0.29) is 33.6 Å². The fourth-order valence-electron chi connectivity index (χ4n) is 3.29. The lowest BCUT2D eigenvalue weighted by molar-refractivity contribution is -0.384. The number of Topliss-reactive ketones (excluding diaryl/α,β-unsaturated/α-hetero) is 1. The number of imide groups is 1. The molecule has 3 aromatic rings. The van der Waals surface area contributed by atoms with Crippen LogP contribution in [-0.2, 0) is 4.74 Å². The number of nitro benzene ring substituents is 1. The van der Waals surface area contributed by atoms with Crippen LogP contribution >= 0.6 is 15.9 Å². The summed E-state index contributed by atoms with van der Waals surface area (Å²) in [5.74, 6) is -2.40. The molecule has 0 bridgehead atoms. The summed E-state index contributed by atoms with van der Waals surface area (Å²) in [6, 6.07) is 15.4. The lowest BCUT2D eigenvalue weighted by Gasteiger charge is -2.14. The van der Waals surface area contributed by atoms with Crippen molar-refractivity contribution in [2.75, 3.05) is 11.5 Å². The van der Waals surface area contributed by atoms with E-state index in [9.17, 15) is 29.3 Å². The predicted octanol–water partition coefficient (Wildman–Crippen LogP) is 4.20. The molecule has 9 nitrogen and oxygen atoms in total. The van der Waals surface area contributed by atoms with Gasteiger partial charge in [-0.3, -0.25) is 24.5 Å². The van der Waals surface area contributed by atoms with E-state index in [1.54, 1.807) is 18.2 Å². The molecule has 1 aliphatic heterocycles. The molecule has 164 valence electrons. The number of fused-ring (bicyclic) bond motifs is 1. The number of non-ortho nitro benzene ring substituents is 1. The minimum absolute atomic E-state index is 0.0433. The van der Waals surface area contributed by atoms with E-state index in [0.29, 0.717) is 4.47 Å². The Labute approximate surface area is 194 Å². The molecule has 0 atom stereocenters. The summed E-state index contributed by atoms with van der Waals surface area (Å²) >= 11 is 3.27. The molecule has 0 aliphatic carbocycles. The smallest absolute Gasteiger partial charge is 0.338 e. The molecule has 0 aromatic heterocycles. The zero-order chi connectivity index (χ0) is 23.7. The van der Waals surface area contributed by atoms with Gasteiger partial charge >= 0.3 is 5.97 Å². The number of rotatable bonds is 6. The van der Waals surface area contributed by atoms with Crippen molar-refractivity contribution >= 4 is 50.9 Å². The van der Waals surface area contributed by atoms with E-state index < -0.39 is 35.1 Å². The van der Waals surface area contributed by atoms with Crippen molar-refractivity contribution in [1.82, 2.24) is 0 Å². The highest BCUT2D eigenvalue weighted by molar-refractivity contribution is 9.10. The zero-order valence-corrected chi connectivity index (χ0v) is 18.3. The van der Waals surface area contributed by atoms with Crippen molar-refractivity contribution in [3.63, 3.8) is 0 Å². The molecule has 1 aliphatic rings. The molecule has 0 unspecified atom stereocenters. The summed E-state index contributed by atoms with van der Waals surface area (Å²) in [7, 11) is 0. The van der Waals surface area contributed by atoms with Gasteiger partial charge in [0.2, 0.25) is 0 Å². The lowest BCUT2D eigenvalue weighted by Crippen LogP contribution is -2.29. The van der Waals surface area contributed by atoms with E-state index in [0.717, 1.165) is 4.90 Å². The summed E-state index contributed by atoms with van der Waals surface area (Å²) in [6.07, 6.45) is 0. The fraction of sp³-hybridized carbons (Fsp3) is 0.0435. The van der Waals surface area contributed by atoms with Gasteiger partial charge in [0, 0.05) is 22.2 Å². The highest BCUT2D eigenvalue weighted by Crippen LogP contribution is 2.30. The quantitative estimate of drug-likeness (QED) is 0.160. The summed E-state index contributed by atoms with van der Waals surface area (Å²) < 4.78 is 5.71. The number of amides is 2. The number of hydrogen-bond acceptors (Lipinski definition) is 7. The monoisotopic (exact) mass is 508 g/mol. The minimum atomic E-state index is -0.827. The number of benzene rings is 3. The number of ether oxygens (including phenoxy) is 1. The van der Waals surface area contributed by atoms with E-state index in [4.69, 9.17) is 4.74 Å². The number of nitrogens with zero attached hydrogens (tertiary/aromatic N) is 2. The first-order valence-corrected chi connectivity index (χ1v) is 10.3. The number of nitro groups is 1. The maximum absolute atomic E-state index is 12.8. The lowest BCUT2D eigenvalue weighted by atomic mass is 10.1. The summed E-state index contributed by atoms with van der Waals surface area (Å²) in [5.41, 5.74) is 0.719. The maximum Gasteiger partial charge on any atom is 0.338 e. The SMILES string of the molecule is O=C(COC(=O)c1cccc(N2C(=O)c3ccc(Br)cc3C2=O)c1)c1ccc([N+](=O)[O-])cc1. The third-order valence-corrected chi connectivity index (χ3v) is 5.42. The minimum Gasteiger partial charge on any atom is -0.454 e. The van der Waals surface area contributed by atoms with Gasteiger partial charge in [0.05, 0.1) is 27.3 Å². The van der Waals surface area contributed by atoms with Crippen molar-refractivity contribution in [2.24, 2.45) is 0 Å². The Kier molecular flexibility index (Phi) is 5.84. The Morgan fingerprint density at radius 3 is 2.30 bits per heavy atom. The van der Waals surface area contributed by atoms with Gasteiger partial charge in [-0.15, -0.1) is 0 Å². The molecule has 0 spiro atoms. The van der Waals surface area contributed by atoms with Crippen molar-refractivity contribution < 1.29 is 28.8 Å². The molecule has 33 heavy (non-hydrogen) atoms. The highest BCUT2D eigenvalue weighted by atomic mass is 79.9. The Balaban J connectivity index is 1.47. The van der Waals surface area contributed by atoms with Gasteiger partial charge in [0.15, 0.2) is 12.4 Å². The standard InChI is InChI=1S/C23H13BrN2O7/c24-15-6-9-18-19(11-15)22(29)25(21(18)28)17-3-1-2-14(10-17)23(30)33-12-20(27)13-4-7-16(8-5-13)26(31)32/h1-11H,12H2. The second-order valence-corrected chi connectivity index (χ2v) is 7.90. The number of ketones is 1.